The van der Waals surface area contributed by atoms with Crippen molar-refractivity contribution in [1.82, 2.24) is 4.90 Å². The summed E-state index contributed by atoms with van der Waals surface area (Å²) in [6.07, 6.45) is 0.106. The second kappa shape index (κ2) is 8.07. The lowest BCUT2D eigenvalue weighted by molar-refractivity contribution is -0.384. The highest BCUT2D eigenvalue weighted by Gasteiger charge is 2.20. The minimum atomic E-state index is -0.551. The van der Waals surface area contributed by atoms with Gasteiger partial charge in [0, 0.05) is 18.7 Å². The fraction of sp³-hybridized carbons (Fsp3) is 0.500. The number of anilines is 1. The van der Waals surface area contributed by atoms with Gasteiger partial charge in [-0.1, -0.05) is 11.6 Å². The van der Waals surface area contributed by atoms with E-state index in [0.717, 1.165) is 0 Å². The highest BCUT2D eigenvalue weighted by molar-refractivity contribution is 6.33. The van der Waals surface area contributed by atoms with Crippen LogP contribution in [0.4, 0.5) is 11.4 Å². The van der Waals surface area contributed by atoms with Crippen LogP contribution in [-0.2, 0) is 4.79 Å². The number of carbonyl (C=O) groups excluding carboxylic acids is 1. The molecule has 0 aromatic heterocycles. The summed E-state index contributed by atoms with van der Waals surface area (Å²) >= 11 is 5.95. The van der Waals surface area contributed by atoms with Crippen LogP contribution >= 0.6 is 11.6 Å². The lowest BCUT2D eigenvalue weighted by Crippen LogP contribution is -2.40. The maximum atomic E-state index is 12.2. The van der Waals surface area contributed by atoms with Crippen molar-refractivity contribution in [3.8, 4) is 0 Å². The maximum absolute atomic E-state index is 12.2. The SMILES string of the molecule is CC(O)CCN(C)C(C)C(=O)Nc1cc([N+](=O)[O-])ccc1Cl. The van der Waals surface area contributed by atoms with E-state index in [0.29, 0.717) is 13.0 Å². The molecule has 2 N–H and O–H groups in total. The van der Waals surface area contributed by atoms with E-state index in [1.807, 2.05) is 0 Å². The van der Waals surface area contributed by atoms with Crippen molar-refractivity contribution in [3.63, 3.8) is 0 Å². The highest BCUT2D eigenvalue weighted by atomic mass is 35.5. The summed E-state index contributed by atoms with van der Waals surface area (Å²) in [4.78, 5) is 24.2. The molecule has 0 bridgehead atoms. The van der Waals surface area contributed by atoms with Crippen LogP contribution < -0.4 is 5.32 Å². The zero-order chi connectivity index (χ0) is 16.9. The van der Waals surface area contributed by atoms with E-state index in [1.165, 1.54) is 18.2 Å². The minimum absolute atomic E-state index is 0.144. The number of amides is 1. The van der Waals surface area contributed by atoms with Crippen molar-refractivity contribution in [2.24, 2.45) is 0 Å². The number of aliphatic hydroxyl groups is 1. The summed E-state index contributed by atoms with van der Waals surface area (Å²) in [5.41, 5.74) is 0.0615. The van der Waals surface area contributed by atoms with Crippen LogP contribution in [0.5, 0.6) is 0 Å². The summed E-state index contributed by atoms with van der Waals surface area (Å²) in [5, 5.41) is 22.9. The van der Waals surface area contributed by atoms with Gasteiger partial charge in [-0.15, -0.1) is 0 Å². The van der Waals surface area contributed by atoms with Gasteiger partial charge in [-0.2, -0.15) is 0 Å². The van der Waals surface area contributed by atoms with Crippen molar-refractivity contribution in [2.45, 2.75) is 32.4 Å². The molecule has 0 spiro atoms. The monoisotopic (exact) mass is 329 g/mol. The minimum Gasteiger partial charge on any atom is -0.393 e. The molecule has 7 nitrogen and oxygen atoms in total. The summed E-state index contributed by atoms with van der Waals surface area (Å²) < 4.78 is 0. The Labute approximate surface area is 134 Å². The van der Waals surface area contributed by atoms with Crippen molar-refractivity contribution in [1.29, 1.82) is 0 Å². The quantitative estimate of drug-likeness (QED) is 0.591. The first-order chi connectivity index (χ1) is 10.2. The standard InChI is InChI=1S/C14H20ClN3O4/c1-9(19)6-7-17(3)10(2)14(20)16-13-8-11(18(21)22)4-5-12(13)15/h4-5,8-10,19H,6-7H2,1-3H3,(H,16,20). The van der Waals surface area contributed by atoms with Crippen LogP contribution in [0.1, 0.15) is 20.3 Å². The Kier molecular flexibility index (Phi) is 6.73. The molecule has 2 unspecified atom stereocenters. The number of nitrogens with zero attached hydrogens (tertiary/aromatic N) is 2. The molecule has 0 saturated carbocycles. The van der Waals surface area contributed by atoms with Crippen LogP contribution in [0.3, 0.4) is 0 Å². The Bertz CT molecular complexity index is 551. The molecule has 1 aromatic rings. The topological polar surface area (TPSA) is 95.7 Å². The molecule has 0 aliphatic heterocycles. The molecular weight excluding hydrogens is 310 g/mol. The second-order valence-electron chi connectivity index (χ2n) is 5.20. The molecule has 0 heterocycles. The Morgan fingerprint density at radius 1 is 1.50 bits per heavy atom. The van der Waals surface area contributed by atoms with E-state index in [2.05, 4.69) is 5.32 Å². The van der Waals surface area contributed by atoms with Gasteiger partial charge in [-0.05, 0) is 33.4 Å². The van der Waals surface area contributed by atoms with Crippen LogP contribution in [0, 0.1) is 10.1 Å². The third-order valence-corrected chi connectivity index (χ3v) is 3.69. The number of halogens is 1. The molecule has 2 atom stereocenters. The number of rotatable bonds is 7. The molecule has 0 aliphatic rings. The molecule has 22 heavy (non-hydrogen) atoms. The van der Waals surface area contributed by atoms with Crippen LogP contribution in [0.2, 0.25) is 5.02 Å². The van der Waals surface area contributed by atoms with Crippen LogP contribution in [-0.4, -0.2) is 46.6 Å². The number of carbonyl (C=O) groups is 1. The molecule has 0 radical (unpaired) electrons. The number of nitro benzene ring substituents is 1. The van der Waals surface area contributed by atoms with E-state index in [4.69, 9.17) is 11.6 Å². The normalized spacial score (nSPS) is 13.7. The number of benzene rings is 1. The molecule has 0 saturated heterocycles. The number of nitrogens with one attached hydrogen (secondary N) is 1. The smallest absolute Gasteiger partial charge is 0.271 e. The molecule has 0 aliphatic carbocycles. The zero-order valence-electron chi connectivity index (χ0n) is 12.7. The fourth-order valence-electron chi connectivity index (χ4n) is 1.74. The van der Waals surface area contributed by atoms with E-state index >= 15 is 0 Å². The summed E-state index contributed by atoms with van der Waals surface area (Å²) in [6, 6.07) is 3.41. The number of non-ortho nitro benzene ring substituents is 1. The van der Waals surface area contributed by atoms with Gasteiger partial charge in [0.25, 0.3) is 5.69 Å². The van der Waals surface area contributed by atoms with Gasteiger partial charge in [0.1, 0.15) is 0 Å². The van der Waals surface area contributed by atoms with E-state index in [9.17, 15) is 20.0 Å². The maximum Gasteiger partial charge on any atom is 0.271 e. The molecule has 0 fully saturated rings. The van der Waals surface area contributed by atoms with Crippen molar-refractivity contribution >= 4 is 28.9 Å². The second-order valence-corrected chi connectivity index (χ2v) is 5.61. The predicted octanol–water partition coefficient (Wildman–Crippen LogP) is 2.28. The predicted molar refractivity (Wildman–Crippen MR) is 85.1 cm³/mol. The van der Waals surface area contributed by atoms with E-state index in [1.54, 1.807) is 25.8 Å². The Morgan fingerprint density at radius 2 is 2.14 bits per heavy atom. The van der Waals surface area contributed by atoms with Crippen molar-refractivity contribution in [3.05, 3.63) is 33.3 Å². The van der Waals surface area contributed by atoms with Gasteiger partial charge in [0.15, 0.2) is 0 Å². The average Bonchev–Trinajstić information content (AvgIpc) is 2.45. The van der Waals surface area contributed by atoms with Gasteiger partial charge in [0.2, 0.25) is 5.91 Å². The van der Waals surface area contributed by atoms with E-state index in [-0.39, 0.29) is 22.3 Å². The first kappa shape index (κ1) is 18.3. The third kappa shape index (κ3) is 5.25. The summed E-state index contributed by atoms with van der Waals surface area (Å²) in [5.74, 6) is -0.324. The Hall–Kier alpha value is -1.70. The average molecular weight is 330 g/mol. The molecule has 122 valence electrons. The summed E-state index contributed by atoms with van der Waals surface area (Å²) in [6.45, 7) is 3.94. The van der Waals surface area contributed by atoms with Gasteiger partial charge < -0.3 is 10.4 Å². The first-order valence-electron chi connectivity index (χ1n) is 6.85. The largest absolute Gasteiger partial charge is 0.393 e. The third-order valence-electron chi connectivity index (χ3n) is 3.36. The van der Waals surface area contributed by atoms with Gasteiger partial charge in [-0.25, -0.2) is 0 Å². The van der Waals surface area contributed by atoms with Crippen LogP contribution in [0.25, 0.3) is 0 Å². The Morgan fingerprint density at radius 3 is 2.68 bits per heavy atom. The highest BCUT2D eigenvalue weighted by Crippen LogP contribution is 2.26. The lowest BCUT2D eigenvalue weighted by atomic mass is 10.2. The van der Waals surface area contributed by atoms with Crippen molar-refractivity contribution < 1.29 is 14.8 Å². The molecule has 8 heteroatoms. The Balaban J connectivity index is 2.75. The van der Waals surface area contributed by atoms with E-state index < -0.39 is 17.1 Å². The van der Waals surface area contributed by atoms with Crippen LogP contribution in [0.15, 0.2) is 18.2 Å². The van der Waals surface area contributed by atoms with Gasteiger partial charge in [-0.3, -0.25) is 19.8 Å². The number of hydrogen-bond donors (Lipinski definition) is 2. The lowest BCUT2D eigenvalue weighted by Gasteiger charge is -2.24. The zero-order valence-corrected chi connectivity index (χ0v) is 13.5. The summed E-state index contributed by atoms with van der Waals surface area (Å²) in [7, 11) is 1.77. The number of aliphatic hydroxyl groups excluding tert-OH is 1. The molecule has 1 rings (SSSR count). The molecular formula is C14H20ClN3O4. The molecule has 1 amide bonds. The first-order valence-corrected chi connectivity index (χ1v) is 7.23. The molecule has 1 aromatic carbocycles. The fourth-order valence-corrected chi connectivity index (χ4v) is 1.91. The van der Waals surface area contributed by atoms with Gasteiger partial charge in [0.05, 0.1) is 27.8 Å². The van der Waals surface area contributed by atoms with Crippen molar-refractivity contribution in [2.75, 3.05) is 18.9 Å². The number of likely N-dealkylation sites (N-methyl/N-ethyl adjacent to an activating group) is 1. The number of hydrogen-bond acceptors (Lipinski definition) is 5. The van der Waals surface area contributed by atoms with Gasteiger partial charge >= 0.3 is 0 Å². The number of nitro groups is 1.